The van der Waals surface area contributed by atoms with Crippen LogP contribution >= 0.6 is 0 Å². The van der Waals surface area contributed by atoms with E-state index in [1.54, 1.807) is 0 Å². The van der Waals surface area contributed by atoms with Gasteiger partial charge in [-0.05, 0) is 5.56 Å². The number of nitrogens with zero attached hydrogens (tertiary/aromatic N) is 3. The second kappa shape index (κ2) is 6.80. The minimum atomic E-state index is 0.555. The van der Waals surface area contributed by atoms with E-state index in [9.17, 15) is 0 Å². The molecule has 0 saturated carbocycles. The fourth-order valence-electron chi connectivity index (χ4n) is 2.41. The van der Waals surface area contributed by atoms with E-state index >= 15 is 0 Å². The van der Waals surface area contributed by atoms with Gasteiger partial charge >= 0.3 is 0 Å². The van der Waals surface area contributed by atoms with Gasteiger partial charge in [0.25, 0.3) is 0 Å². The number of aromatic nitrogens is 3. The van der Waals surface area contributed by atoms with Crippen LogP contribution in [0.2, 0.25) is 0 Å². The third kappa shape index (κ3) is 3.66. The van der Waals surface area contributed by atoms with Crippen LogP contribution in [0.15, 0.2) is 24.3 Å². The van der Waals surface area contributed by atoms with Crippen LogP contribution < -0.4 is 5.73 Å². The number of benzene rings is 1. The first kappa shape index (κ1) is 14.2. The fraction of sp³-hybridized carbons (Fsp3) is 0.467. The molecule has 1 aromatic carbocycles. The van der Waals surface area contributed by atoms with Crippen LogP contribution in [0.4, 0.5) is 0 Å². The van der Waals surface area contributed by atoms with Crippen molar-refractivity contribution in [3.63, 3.8) is 0 Å². The van der Waals surface area contributed by atoms with Crippen LogP contribution in [-0.4, -0.2) is 52.9 Å². The Morgan fingerprint density at radius 2 is 1.95 bits per heavy atom. The summed E-state index contributed by atoms with van der Waals surface area (Å²) in [5.41, 5.74) is 7.73. The predicted molar refractivity (Wildman–Crippen MR) is 80.7 cm³/mol. The van der Waals surface area contributed by atoms with E-state index in [1.807, 2.05) is 24.3 Å². The molecule has 0 unspecified atom stereocenters. The average Bonchev–Trinajstić information content (AvgIpc) is 3.03. The number of H-pyrrole nitrogens is 1. The monoisotopic (exact) mass is 287 g/mol. The van der Waals surface area contributed by atoms with Crippen LogP contribution in [0, 0.1) is 0 Å². The molecule has 1 fully saturated rings. The minimum absolute atomic E-state index is 0.555. The van der Waals surface area contributed by atoms with Crippen molar-refractivity contribution in [2.75, 3.05) is 32.8 Å². The molecule has 0 bridgehead atoms. The SMILES string of the molecule is NCc1ccc(-c2n[nH]c(CCN3CCOCC3)n2)cc1. The zero-order chi connectivity index (χ0) is 14.5. The fourth-order valence-corrected chi connectivity index (χ4v) is 2.41. The standard InChI is InChI=1S/C15H21N5O/c16-11-12-1-3-13(4-2-12)15-17-14(18-19-15)5-6-20-7-9-21-10-8-20/h1-4H,5-11,16H2,(H,17,18,19). The Labute approximate surface area is 124 Å². The van der Waals surface area contributed by atoms with Gasteiger partial charge in [0.05, 0.1) is 13.2 Å². The zero-order valence-corrected chi connectivity index (χ0v) is 12.1. The Kier molecular flexibility index (Phi) is 4.59. The minimum Gasteiger partial charge on any atom is -0.379 e. The number of aromatic amines is 1. The summed E-state index contributed by atoms with van der Waals surface area (Å²) in [6.45, 7) is 5.20. The highest BCUT2D eigenvalue weighted by Crippen LogP contribution is 2.15. The molecule has 1 saturated heterocycles. The highest BCUT2D eigenvalue weighted by molar-refractivity contribution is 5.54. The summed E-state index contributed by atoms with van der Waals surface area (Å²) in [5, 5.41) is 7.32. The molecule has 0 atom stereocenters. The molecule has 1 aromatic heterocycles. The highest BCUT2D eigenvalue weighted by Gasteiger charge is 2.11. The van der Waals surface area contributed by atoms with Crippen molar-refractivity contribution in [1.82, 2.24) is 20.1 Å². The maximum absolute atomic E-state index is 5.60. The van der Waals surface area contributed by atoms with E-state index in [2.05, 4.69) is 20.1 Å². The van der Waals surface area contributed by atoms with Crippen LogP contribution in [0.5, 0.6) is 0 Å². The molecule has 3 N–H and O–H groups in total. The van der Waals surface area contributed by atoms with Crippen molar-refractivity contribution >= 4 is 0 Å². The van der Waals surface area contributed by atoms with Crippen LogP contribution in [0.1, 0.15) is 11.4 Å². The van der Waals surface area contributed by atoms with Gasteiger partial charge in [-0.25, -0.2) is 4.98 Å². The van der Waals surface area contributed by atoms with Gasteiger partial charge < -0.3 is 10.5 Å². The van der Waals surface area contributed by atoms with Gasteiger partial charge in [-0.2, -0.15) is 5.10 Å². The molecule has 2 heterocycles. The Bertz CT molecular complexity index is 560. The van der Waals surface area contributed by atoms with Crippen LogP contribution in [0.25, 0.3) is 11.4 Å². The summed E-state index contributed by atoms with van der Waals surface area (Å²) >= 11 is 0. The third-order valence-corrected chi connectivity index (χ3v) is 3.75. The molecule has 3 rings (SSSR count). The number of nitrogens with one attached hydrogen (secondary N) is 1. The number of hydrogen-bond donors (Lipinski definition) is 2. The van der Waals surface area contributed by atoms with E-state index in [0.29, 0.717) is 6.54 Å². The van der Waals surface area contributed by atoms with Crippen LogP contribution in [0.3, 0.4) is 0 Å². The van der Waals surface area contributed by atoms with E-state index < -0.39 is 0 Å². The zero-order valence-electron chi connectivity index (χ0n) is 12.1. The highest BCUT2D eigenvalue weighted by atomic mass is 16.5. The topological polar surface area (TPSA) is 80.1 Å². The smallest absolute Gasteiger partial charge is 0.181 e. The maximum Gasteiger partial charge on any atom is 0.181 e. The molecule has 0 aliphatic carbocycles. The summed E-state index contributed by atoms with van der Waals surface area (Å²) in [4.78, 5) is 6.96. The Morgan fingerprint density at radius 1 is 1.19 bits per heavy atom. The number of rotatable bonds is 5. The van der Waals surface area contributed by atoms with E-state index in [0.717, 1.165) is 62.0 Å². The lowest BCUT2D eigenvalue weighted by Gasteiger charge is -2.25. The molecule has 0 spiro atoms. The van der Waals surface area contributed by atoms with Crippen molar-refractivity contribution in [1.29, 1.82) is 0 Å². The van der Waals surface area contributed by atoms with Gasteiger partial charge in [-0.15, -0.1) is 0 Å². The van der Waals surface area contributed by atoms with Gasteiger partial charge in [-0.1, -0.05) is 24.3 Å². The summed E-state index contributed by atoms with van der Waals surface area (Å²) in [7, 11) is 0. The lowest BCUT2D eigenvalue weighted by Crippen LogP contribution is -2.37. The van der Waals surface area contributed by atoms with Crippen molar-refractivity contribution in [2.45, 2.75) is 13.0 Å². The molecular formula is C15H21N5O. The van der Waals surface area contributed by atoms with Gasteiger partial charge in [0, 0.05) is 38.2 Å². The maximum atomic E-state index is 5.60. The Morgan fingerprint density at radius 3 is 2.67 bits per heavy atom. The van der Waals surface area contributed by atoms with Crippen molar-refractivity contribution < 1.29 is 4.74 Å². The molecule has 0 amide bonds. The van der Waals surface area contributed by atoms with Gasteiger partial charge in [0.2, 0.25) is 0 Å². The molecular weight excluding hydrogens is 266 g/mol. The molecule has 1 aliphatic heterocycles. The van der Waals surface area contributed by atoms with Gasteiger partial charge in [0.15, 0.2) is 5.82 Å². The number of ether oxygens (including phenoxy) is 1. The summed E-state index contributed by atoms with van der Waals surface area (Å²) in [5.74, 6) is 1.68. The molecule has 2 aromatic rings. The number of morpholine rings is 1. The van der Waals surface area contributed by atoms with Crippen molar-refractivity contribution in [3.05, 3.63) is 35.7 Å². The quantitative estimate of drug-likeness (QED) is 0.850. The van der Waals surface area contributed by atoms with E-state index in [1.165, 1.54) is 0 Å². The normalized spacial score (nSPS) is 16.2. The average molecular weight is 287 g/mol. The first-order chi connectivity index (χ1) is 10.3. The first-order valence-corrected chi connectivity index (χ1v) is 7.36. The van der Waals surface area contributed by atoms with Gasteiger partial charge in [-0.3, -0.25) is 10.00 Å². The Balaban J connectivity index is 1.59. The molecule has 1 aliphatic rings. The molecule has 21 heavy (non-hydrogen) atoms. The van der Waals surface area contributed by atoms with Gasteiger partial charge in [0.1, 0.15) is 5.82 Å². The third-order valence-electron chi connectivity index (χ3n) is 3.75. The Hall–Kier alpha value is -1.76. The summed E-state index contributed by atoms with van der Waals surface area (Å²) in [6.07, 6.45) is 0.883. The summed E-state index contributed by atoms with van der Waals surface area (Å²) < 4.78 is 5.35. The molecule has 0 radical (unpaired) electrons. The second-order valence-electron chi connectivity index (χ2n) is 5.21. The summed E-state index contributed by atoms with van der Waals surface area (Å²) in [6, 6.07) is 8.05. The van der Waals surface area contributed by atoms with E-state index in [4.69, 9.17) is 10.5 Å². The lowest BCUT2D eigenvalue weighted by molar-refractivity contribution is 0.0382. The first-order valence-electron chi connectivity index (χ1n) is 7.36. The number of hydrogen-bond acceptors (Lipinski definition) is 5. The number of nitrogens with two attached hydrogens (primary N) is 1. The predicted octanol–water partition coefficient (Wildman–Crippen LogP) is 0.805. The van der Waals surface area contributed by atoms with E-state index in [-0.39, 0.29) is 0 Å². The molecule has 6 nitrogen and oxygen atoms in total. The molecule has 112 valence electrons. The van der Waals surface area contributed by atoms with Crippen LogP contribution in [-0.2, 0) is 17.7 Å². The van der Waals surface area contributed by atoms with Crippen molar-refractivity contribution in [2.24, 2.45) is 5.73 Å². The van der Waals surface area contributed by atoms with Crippen molar-refractivity contribution in [3.8, 4) is 11.4 Å². The molecule has 6 heteroatoms. The second-order valence-corrected chi connectivity index (χ2v) is 5.21. The largest absolute Gasteiger partial charge is 0.379 e. The lowest BCUT2D eigenvalue weighted by atomic mass is 10.1.